The molecule has 0 aromatic carbocycles. The third-order valence-electron chi connectivity index (χ3n) is 3.19. The number of rotatable bonds is 5. The number of nitrogens with two attached hydrogens (primary N) is 1. The highest BCUT2D eigenvalue weighted by atomic mass is 16.4. The van der Waals surface area contributed by atoms with Crippen molar-refractivity contribution in [3.05, 3.63) is 0 Å². The molecule has 1 fully saturated rings. The molecule has 18 heavy (non-hydrogen) atoms. The van der Waals surface area contributed by atoms with Crippen molar-refractivity contribution >= 4 is 11.9 Å². The van der Waals surface area contributed by atoms with Crippen LogP contribution in [0.2, 0.25) is 0 Å². The minimum Gasteiger partial charge on any atom is -0.481 e. The third kappa shape index (κ3) is 4.27. The number of hydrogen-bond donors (Lipinski definition) is 3. The molecule has 1 aliphatic rings. The molecular weight excluding hydrogens is 234 g/mol. The van der Waals surface area contributed by atoms with Crippen molar-refractivity contribution in [1.82, 2.24) is 10.2 Å². The van der Waals surface area contributed by atoms with Crippen LogP contribution < -0.4 is 11.1 Å². The standard InChI is InChI=1S/C12H23N3O3/c1-8(2)11(16)14-10-5-9(12(17)18)6-15(7-10)4-3-13/h8-10H,3-7,13H2,1-2H3,(H,14,16)(H,17,18). The van der Waals surface area contributed by atoms with E-state index in [1.54, 1.807) is 0 Å². The van der Waals surface area contributed by atoms with E-state index in [9.17, 15) is 9.59 Å². The van der Waals surface area contributed by atoms with E-state index >= 15 is 0 Å². The predicted molar refractivity (Wildman–Crippen MR) is 68.0 cm³/mol. The van der Waals surface area contributed by atoms with E-state index in [0.717, 1.165) is 0 Å². The smallest absolute Gasteiger partial charge is 0.307 e. The highest BCUT2D eigenvalue weighted by Crippen LogP contribution is 2.17. The molecule has 104 valence electrons. The number of likely N-dealkylation sites (tertiary alicyclic amines) is 1. The Morgan fingerprint density at radius 2 is 2.11 bits per heavy atom. The van der Waals surface area contributed by atoms with Gasteiger partial charge in [-0.1, -0.05) is 13.8 Å². The van der Waals surface area contributed by atoms with Gasteiger partial charge in [0.2, 0.25) is 5.91 Å². The van der Waals surface area contributed by atoms with Gasteiger partial charge in [-0.15, -0.1) is 0 Å². The first kappa shape index (κ1) is 14.9. The Bertz CT molecular complexity index is 307. The van der Waals surface area contributed by atoms with Gasteiger partial charge >= 0.3 is 5.97 Å². The zero-order chi connectivity index (χ0) is 13.7. The Labute approximate surface area is 108 Å². The van der Waals surface area contributed by atoms with E-state index in [1.807, 2.05) is 18.7 Å². The highest BCUT2D eigenvalue weighted by molar-refractivity contribution is 5.78. The monoisotopic (exact) mass is 257 g/mol. The Kier molecular flexibility index (Phi) is 5.55. The molecule has 0 aliphatic carbocycles. The number of nitrogens with zero attached hydrogens (tertiary/aromatic N) is 1. The van der Waals surface area contributed by atoms with E-state index < -0.39 is 11.9 Å². The molecule has 2 unspecified atom stereocenters. The fourth-order valence-electron chi connectivity index (χ4n) is 2.21. The molecule has 0 aromatic rings. The zero-order valence-electron chi connectivity index (χ0n) is 11.1. The van der Waals surface area contributed by atoms with Crippen molar-refractivity contribution in [2.45, 2.75) is 26.3 Å². The van der Waals surface area contributed by atoms with Crippen molar-refractivity contribution in [2.24, 2.45) is 17.6 Å². The summed E-state index contributed by atoms with van der Waals surface area (Å²) >= 11 is 0. The number of piperidine rings is 1. The molecule has 0 saturated carbocycles. The van der Waals surface area contributed by atoms with Gasteiger partial charge in [0.25, 0.3) is 0 Å². The van der Waals surface area contributed by atoms with Gasteiger partial charge in [-0.3, -0.25) is 14.5 Å². The van der Waals surface area contributed by atoms with Gasteiger partial charge < -0.3 is 16.2 Å². The van der Waals surface area contributed by atoms with E-state index in [1.165, 1.54) is 0 Å². The van der Waals surface area contributed by atoms with Crippen molar-refractivity contribution in [3.8, 4) is 0 Å². The minimum absolute atomic E-state index is 0.0289. The maximum Gasteiger partial charge on any atom is 0.307 e. The molecule has 6 nitrogen and oxygen atoms in total. The van der Waals surface area contributed by atoms with Crippen molar-refractivity contribution in [3.63, 3.8) is 0 Å². The molecule has 6 heteroatoms. The molecule has 2 atom stereocenters. The second kappa shape index (κ2) is 6.70. The lowest BCUT2D eigenvalue weighted by Gasteiger charge is -2.36. The molecule has 4 N–H and O–H groups in total. The number of amides is 1. The molecule has 1 rings (SSSR count). The van der Waals surface area contributed by atoms with Gasteiger partial charge in [0.1, 0.15) is 0 Å². The van der Waals surface area contributed by atoms with Crippen LogP contribution in [0.1, 0.15) is 20.3 Å². The fraction of sp³-hybridized carbons (Fsp3) is 0.833. The Morgan fingerprint density at radius 1 is 1.44 bits per heavy atom. The molecular formula is C12H23N3O3. The fourth-order valence-corrected chi connectivity index (χ4v) is 2.21. The first-order valence-electron chi connectivity index (χ1n) is 6.39. The summed E-state index contributed by atoms with van der Waals surface area (Å²) in [6.07, 6.45) is 0.495. The molecule has 0 aromatic heterocycles. The number of hydrogen-bond acceptors (Lipinski definition) is 4. The minimum atomic E-state index is -0.805. The van der Waals surface area contributed by atoms with E-state index in [2.05, 4.69) is 5.32 Å². The molecule has 1 saturated heterocycles. The maximum atomic E-state index is 11.7. The normalized spacial score (nSPS) is 25.1. The summed E-state index contributed by atoms with van der Waals surface area (Å²) in [5.74, 6) is -1.35. The van der Waals surface area contributed by atoms with Gasteiger partial charge in [-0.05, 0) is 6.42 Å². The summed E-state index contributed by atoms with van der Waals surface area (Å²) < 4.78 is 0. The van der Waals surface area contributed by atoms with Crippen LogP contribution in [0.15, 0.2) is 0 Å². The van der Waals surface area contributed by atoms with Crippen LogP contribution in [0.5, 0.6) is 0 Å². The van der Waals surface area contributed by atoms with Crippen molar-refractivity contribution in [2.75, 3.05) is 26.2 Å². The van der Waals surface area contributed by atoms with Crippen LogP contribution >= 0.6 is 0 Å². The third-order valence-corrected chi connectivity index (χ3v) is 3.19. The van der Waals surface area contributed by atoms with Crippen LogP contribution in [0.25, 0.3) is 0 Å². The van der Waals surface area contributed by atoms with Crippen LogP contribution in [0.3, 0.4) is 0 Å². The lowest BCUT2D eigenvalue weighted by molar-refractivity contribution is -0.144. The average molecular weight is 257 g/mol. The van der Waals surface area contributed by atoms with E-state index in [0.29, 0.717) is 32.6 Å². The summed E-state index contributed by atoms with van der Waals surface area (Å²) in [4.78, 5) is 24.8. The number of carbonyl (C=O) groups is 2. The molecule has 0 spiro atoms. The van der Waals surface area contributed by atoms with Crippen LogP contribution in [0.4, 0.5) is 0 Å². The van der Waals surface area contributed by atoms with Gasteiger partial charge in [0.05, 0.1) is 5.92 Å². The van der Waals surface area contributed by atoms with Gasteiger partial charge in [-0.25, -0.2) is 0 Å². The second-order valence-corrected chi connectivity index (χ2v) is 5.18. The zero-order valence-corrected chi connectivity index (χ0v) is 11.1. The number of carboxylic acid groups (broad SMARTS) is 1. The van der Waals surface area contributed by atoms with Crippen LogP contribution in [-0.4, -0.2) is 54.1 Å². The summed E-state index contributed by atoms with van der Waals surface area (Å²) in [5, 5.41) is 12.0. The Hall–Kier alpha value is -1.14. The lowest BCUT2D eigenvalue weighted by atomic mass is 9.94. The first-order valence-corrected chi connectivity index (χ1v) is 6.39. The van der Waals surface area contributed by atoms with Gasteiger partial charge in [-0.2, -0.15) is 0 Å². The SMILES string of the molecule is CC(C)C(=O)NC1CC(C(=O)O)CN(CCN)C1. The number of aliphatic carboxylic acids is 1. The average Bonchev–Trinajstić information content (AvgIpc) is 2.28. The van der Waals surface area contributed by atoms with E-state index in [-0.39, 0.29) is 17.9 Å². The summed E-state index contributed by atoms with van der Waals surface area (Å²) in [6.45, 7) is 6.00. The summed E-state index contributed by atoms with van der Waals surface area (Å²) in [6, 6.07) is -0.0960. The van der Waals surface area contributed by atoms with Crippen molar-refractivity contribution < 1.29 is 14.7 Å². The quantitative estimate of drug-likeness (QED) is 0.616. The van der Waals surface area contributed by atoms with Crippen LogP contribution in [0, 0.1) is 11.8 Å². The molecule has 0 radical (unpaired) electrons. The van der Waals surface area contributed by atoms with Gasteiger partial charge in [0, 0.05) is 38.1 Å². The molecule has 1 heterocycles. The maximum absolute atomic E-state index is 11.7. The molecule has 0 bridgehead atoms. The number of carboxylic acids is 1. The largest absolute Gasteiger partial charge is 0.481 e. The van der Waals surface area contributed by atoms with Crippen molar-refractivity contribution in [1.29, 1.82) is 0 Å². The first-order chi connectivity index (χ1) is 8.43. The van der Waals surface area contributed by atoms with E-state index in [4.69, 9.17) is 10.8 Å². The predicted octanol–water partition coefficient (Wildman–Crippen LogP) is -0.508. The highest BCUT2D eigenvalue weighted by Gasteiger charge is 2.32. The Morgan fingerprint density at radius 3 is 2.61 bits per heavy atom. The summed E-state index contributed by atoms with van der Waals surface area (Å²) in [5.41, 5.74) is 5.50. The Balaban J connectivity index is 2.60. The molecule has 1 aliphatic heterocycles. The number of carbonyl (C=O) groups excluding carboxylic acids is 1. The lowest BCUT2D eigenvalue weighted by Crippen LogP contribution is -2.53. The molecule has 1 amide bonds. The van der Waals surface area contributed by atoms with Gasteiger partial charge in [0.15, 0.2) is 0 Å². The number of nitrogens with one attached hydrogen (secondary N) is 1. The van der Waals surface area contributed by atoms with Crippen LogP contribution in [-0.2, 0) is 9.59 Å². The summed E-state index contributed by atoms with van der Waals surface area (Å²) in [7, 11) is 0. The second-order valence-electron chi connectivity index (χ2n) is 5.18. The topological polar surface area (TPSA) is 95.7 Å².